The lowest BCUT2D eigenvalue weighted by Crippen LogP contribution is -2.17. The second-order valence-electron chi connectivity index (χ2n) is 3.00. The van der Waals surface area contributed by atoms with Crippen LogP contribution >= 0.6 is 0 Å². The van der Waals surface area contributed by atoms with Gasteiger partial charge in [-0.2, -0.15) is 5.10 Å². The summed E-state index contributed by atoms with van der Waals surface area (Å²) in [6, 6.07) is 2.17. The molecule has 2 heterocycles. The fourth-order valence-electron chi connectivity index (χ4n) is 1.52. The van der Waals surface area contributed by atoms with E-state index in [1.165, 1.54) is 5.69 Å². The van der Waals surface area contributed by atoms with Crippen molar-refractivity contribution in [1.29, 1.82) is 0 Å². The van der Waals surface area contributed by atoms with Crippen molar-refractivity contribution in [3.05, 3.63) is 17.5 Å². The van der Waals surface area contributed by atoms with Gasteiger partial charge in [-0.15, -0.1) is 0 Å². The van der Waals surface area contributed by atoms with Crippen molar-refractivity contribution in [3.63, 3.8) is 0 Å². The molecule has 0 spiro atoms. The molecule has 2 rings (SSSR count). The van der Waals surface area contributed by atoms with E-state index < -0.39 is 0 Å². The lowest BCUT2D eigenvalue weighted by molar-refractivity contribution is 0.585. The Morgan fingerprint density at radius 3 is 2.92 bits per heavy atom. The minimum Gasteiger partial charge on any atom is -0.315 e. The molecule has 1 N–H and O–H groups in total. The highest BCUT2D eigenvalue weighted by molar-refractivity contribution is 5.10. The lowest BCUT2D eigenvalue weighted by Gasteiger charge is -1.98. The van der Waals surface area contributed by atoms with Crippen LogP contribution < -0.4 is 5.32 Å². The molecule has 0 aliphatic carbocycles. The van der Waals surface area contributed by atoms with Crippen molar-refractivity contribution in [2.24, 2.45) is 0 Å². The van der Waals surface area contributed by atoms with Gasteiger partial charge in [0.25, 0.3) is 0 Å². The summed E-state index contributed by atoms with van der Waals surface area (Å²) in [4.78, 5) is 0. The number of nitrogens with zero attached hydrogens (tertiary/aromatic N) is 2. The lowest BCUT2D eigenvalue weighted by atomic mass is 10.3. The molecule has 0 radical (unpaired) electrons. The third kappa shape index (κ3) is 2.56. The summed E-state index contributed by atoms with van der Waals surface area (Å²) in [7, 11) is 0. The van der Waals surface area contributed by atoms with Crippen molar-refractivity contribution in [2.75, 3.05) is 13.1 Å². The second kappa shape index (κ2) is 5.02. The largest absolute Gasteiger partial charge is 0.315 e. The maximum Gasteiger partial charge on any atom is 0.0596 e. The number of aromatic nitrogens is 2. The number of hydrogen-bond acceptors (Lipinski definition) is 2. The van der Waals surface area contributed by atoms with Gasteiger partial charge in [0.1, 0.15) is 0 Å². The molecule has 3 nitrogen and oxygen atoms in total. The molecular formula is C10H19N3. The van der Waals surface area contributed by atoms with E-state index in [1.54, 1.807) is 0 Å². The van der Waals surface area contributed by atoms with E-state index in [4.69, 9.17) is 0 Å². The van der Waals surface area contributed by atoms with Crippen LogP contribution in [0.5, 0.6) is 0 Å². The van der Waals surface area contributed by atoms with E-state index in [9.17, 15) is 0 Å². The number of nitrogens with one attached hydrogen (secondary N) is 1. The zero-order valence-electron chi connectivity index (χ0n) is 8.80. The third-order valence-corrected chi connectivity index (χ3v) is 2.04. The standard InChI is InChI=1S/C8H13N3.C2H6/c1-7-6-8-2-3-9-4-5-11(8)10-7;1-2/h6,9H,2-5H2,1H3;1-2H3. The molecule has 3 heteroatoms. The van der Waals surface area contributed by atoms with E-state index in [1.807, 2.05) is 13.8 Å². The minimum atomic E-state index is 1.02. The van der Waals surface area contributed by atoms with Crippen LogP contribution in [-0.4, -0.2) is 22.9 Å². The predicted octanol–water partition coefficient (Wildman–Crippen LogP) is 1.36. The summed E-state index contributed by atoms with van der Waals surface area (Å²) in [5, 5.41) is 7.73. The summed E-state index contributed by atoms with van der Waals surface area (Å²) >= 11 is 0. The van der Waals surface area contributed by atoms with Gasteiger partial charge < -0.3 is 5.32 Å². The zero-order valence-corrected chi connectivity index (χ0v) is 8.80. The van der Waals surface area contributed by atoms with Gasteiger partial charge in [-0.3, -0.25) is 4.68 Å². The van der Waals surface area contributed by atoms with Crippen LogP contribution in [0.25, 0.3) is 0 Å². The fourth-order valence-corrected chi connectivity index (χ4v) is 1.52. The van der Waals surface area contributed by atoms with Crippen LogP contribution in [0, 0.1) is 6.92 Å². The van der Waals surface area contributed by atoms with Crippen molar-refractivity contribution < 1.29 is 0 Å². The van der Waals surface area contributed by atoms with E-state index in [2.05, 4.69) is 28.1 Å². The molecule has 0 bridgehead atoms. The molecule has 0 fully saturated rings. The van der Waals surface area contributed by atoms with E-state index in [-0.39, 0.29) is 0 Å². The Morgan fingerprint density at radius 2 is 2.15 bits per heavy atom. The molecular weight excluding hydrogens is 162 g/mol. The monoisotopic (exact) mass is 181 g/mol. The third-order valence-electron chi connectivity index (χ3n) is 2.04. The van der Waals surface area contributed by atoms with Crippen LogP contribution in [-0.2, 0) is 13.0 Å². The Morgan fingerprint density at radius 1 is 1.38 bits per heavy atom. The predicted molar refractivity (Wildman–Crippen MR) is 54.9 cm³/mol. The van der Waals surface area contributed by atoms with Crippen LogP contribution in [0.3, 0.4) is 0 Å². The zero-order chi connectivity index (χ0) is 9.68. The first-order chi connectivity index (χ1) is 6.36. The van der Waals surface area contributed by atoms with Gasteiger partial charge in [0.15, 0.2) is 0 Å². The highest BCUT2D eigenvalue weighted by atomic mass is 15.3. The Labute approximate surface area is 80.1 Å². The number of rotatable bonds is 0. The van der Waals surface area contributed by atoms with Gasteiger partial charge >= 0.3 is 0 Å². The van der Waals surface area contributed by atoms with Crippen LogP contribution in [0.15, 0.2) is 6.07 Å². The summed E-state index contributed by atoms with van der Waals surface area (Å²) in [5.41, 5.74) is 2.51. The molecule has 0 saturated carbocycles. The first kappa shape index (κ1) is 10.3. The Bertz CT molecular complexity index is 229. The Hall–Kier alpha value is -0.830. The van der Waals surface area contributed by atoms with Crippen molar-refractivity contribution in [1.82, 2.24) is 15.1 Å². The molecule has 13 heavy (non-hydrogen) atoms. The number of hydrogen-bond donors (Lipinski definition) is 1. The van der Waals surface area contributed by atoms with Gasteiger partial charge in [-0.05, 0) is 13.0 Å². The minimum absolute atomic E-state index is 1.02. The van der Waals surface area contributed by atoms with Gasteiger partial charge in [0, 0.05) is 25.2 Å². The summed E-state index contributed by atoms with van der Waals surface area (Å²) in [6.45, 7) is 9.21. The molecule has 0 amide bonds. The molecule has 1 aliphatic heterocycles. The van der Waals surface area contributed by atoms with Crippen LogP contribution in [0.1, 0.15) is 25.2 Å². The number of aryl methyl sites for hydroxylation is 1. The quantitative estimate of drug-likeness (QED) is 0.655. The van der Waals surface area contributed by atoms with Gasteiger partial charge in [-0.25, -0.2) is 0 Å². The summed E-state index contributed by atoms with van der Waals surface area (Å²) in [5.74, 6) is 0. The molecule has 1 aromatic rings. The fraction of sp³-hybridized carbons (Fsp3) is 0.700. The van der Waals surface area contributed by atoms with Crippen molar-refractivity contribution >= 4 is 0 Å². The molecule has 1 aromatic heterocycles. The average Bonchev–Trinajstić information content (AvgIpc) is 2.36. The molecule has 1 aliphatic rings. The SMILES string of the molecule is CC.Cc1cc2n(n1)CCNCC2. The van der Waals surface area contributed by atoms with Crippen molar-refractivity contribution in [3.8, 4) is 0 Å². The maximum atomic E-state index is 4.39. The molecule has 0 atom stereocenters. The van der Waals surface area contributed by atoms with Crippen molar-refractivity contribution in [2.45, 2.75) is 33.7 Å². The van der Waals surface area contributed by atoms with E-state index >= 15 is 0 Å². The highest BCUT2D eigenvalue weighted by Gasteiger charge is 2.07. The molecule has 0 saturated heterocycles. The highest BCUT2D eigenvalue weighted by Crippen LogP contribution is 2.05. The number of fused-ring (bicyclic) bond motifs is 1. The molecule has 0 unspecified atom stereocenters. The summed E-state index contributed by atoms with van der Waals surface area (Å²) < 4.78 is 2.11. The van der Waals surface area contributed by atoms with Crippen LogP contribution in [0.4, 0.5) is 0 Å². The first-order valence-electron chi connectivity index (χ1n) is 5.10. The Kier molecular flexibility index (Phi) is 3.96. The summed E-state index contributed by atoms with van der Waals surface area (Å²) in [6.07, 6.45) is 1.11. The Balaban J connectivity index is 0.000000396. The maximum absolute atomic E-state index is 4.39. The van der Waals surface area contributed by atoms with Gasteiger partial charge in [0.05, 0.1) is 12.2 Å². The smallest absolute Gasteiger partial charge is 0.0596 e. The average molecular weight is 181 g/mol. The first-order valence-corrected chi connectivity index (χ1v) is 5.10. The van der Waals surface area contributed by atoms with Gasteiger partial charge in [0.2, 0.25) is 0 Å². The van der Waals surface area contributed by atoms with Crippen LogP contribution in [0.2, 0.25) is 0 Å². The van der Waals surface area contributed by atoms with E-state index in [0.717, 1.165) is 31.7 Å². The molecule has 74 valence electrons. The normalized spacial score (nSPS) is 15.3. The second-order valence-corrected chi connectivity index (χ2v) is 3.00. The van der Waals surface area contributed by atoms with E-state index in [0.29, 0.717) is 0 Å². The van der Waals surface area contributed by atoms with Gasteiger partial charge in [-0.1, -0.05) is 13.8 Å². The molecule has 0 aromatic carbocycles. The topological polar surface area (TPSA) is 29.9 Å².